The summed E-state index contributed by atoms with van der Waals surface area (Å²) in [6.07, 6.45) is -0.418. The maximum Gasteiger partial charge on any atom is 0.410 e. The van der Waals surface area contributed by atoms with E-state index in [1.54, 1.807) is 0 Å². The Balaban J connectivity index is 2.78. The van der Waals surface area contributed by atoms with Gasteiger partial charge in [-0.2, -0.15) is 0 Å². The van der Waals surface area contributed by atoms with Crippen LogP contribution in [-0.2, 0) is 14.3 Å². The molecule has 1 aliphatic heterocycles. The summed E-state index contributed by atoms with van der Waals surface area (Å²) in [5.74, 6) is -1.25. The number of carboxylic acid groups (broad SMARTS) is 1. The van der Waals surface area contributed by atoms with Crippen molar-refractivity contribution in [3.8, 4) is 0 Å². The summed E-state index contributed by atoms with van der Waals surface area (Å²) in [5.41, 5.74) is 0. The monoisotopic (exact) mass is 201 g/mol. The summed E-state index contributed by atoms with van der Waals surface area (Å²) in [5, 5.41) is 8.78. The Bertz CT molecular complexity index is 275. The van der Waals surface area contributed by atoms with Crippen LogP contribution < -0.4 is 0 Å². The first-order chi connectivity index (χ1) is 6.56. The molecule has 0 saturated carbocycles. The molecule has 0 aromatic rings. The second-order valence-electron chi connectivity index (χ2n) is 3.03. The lowest BCUT2D eigenvalue weighted by Crippen LogP contribution is -2.50. The normalized spacial score (nSPS) is 21.9. The fraction of sp³-hybridized carbons (Fsp3) is 0.625. The van der Waals surface area contributed by atoms with Crippen LogP contribution in [0.25, 0.3) is 0 Å². The Kier molecular flexibility index (Phi) is 3.06. The van der Waals surface area contributed by atoms with Gasteiger partial charge in [-0.15, -0.1) is 0 Å². The largest absolute Gasteiger partial charge is 0.480 e. The number of Topliss-reactive ketones (excluding diaryl/α,β-unsaturated/α-hetero) is 1. The predicted octanol–water partition coefficient (Wildman–Crippen LogP) is -0.129. The van der Waals surface area contributed by atoms with Gasteiger partial charge < -0.3 is 9.84 Å². The van der Waals surface area contributed by atoms with Gasteiger partial charge in [0.25, 0.3) is 0 Å². The molecule has 0 radical (unpaired) electrons. The van der Waals surface area contributed by atoms with Gasteiger partial charge in [-0.05, 0) is 6.42 Å². The van der Waals surface area contributed by atoms with Crippen molar-refractivity contribution in [1.29, 1.82) is 0 Å². The van der Waals surface area contributed by atoms with Crippen LogP contribution in [-0.4, -0.2) is 47.5 Å². The van der Waals surface area contributed by atoms with Crippen molar-refractivity contribution in [2.45, 2.75) is 18.9 Å². The van der Waals surface area contributed by atoms with Crippen molar-refractivity contribution in [3.63, 3.8) is 0 Å². The van der Waals surface area contributed by atoms with Crippen molar-refractivity contribution in [3.05, 3.63) is 0 Å². The third-order valence-electron chi connectivity index (χ3n) is 2.11. The quantitative estimate of drug-likeness (QED) is 0.638. The lowest BCUT2D eigenvalue weighted by molar-refractivity contribution is -0.145. The van der Waals surface area contributed by atoms with E-state index in [0.29, 0.717) is 0 Å². The minimum atomic E-state index is -1.11. The van der Waals surface area contributed by atoms with Gasteiger partial charge in [0.2, 0.25) is 0 Å². The number of ether oxygens (including phenoxy) is 1. The molecule has 78 valence electrons. The number of carbonyl (C=O) groups is 3. The highest BCUT2D eigenvalue weighted by Crippen LogP contribution is 2.15. The van der Waals surface area contributed by atoms with Crippen molar-refractivity contribution >= 4 is 17.8 Å². The first kappa shape index (κ1) is 10.5. The number of likely N-dealkylation sites (tertiary alicyclic amines) is 1. The highest BCUT2D eigenvalue weighted by molar-refractivity contribution is 5.89. The second-order valence-corrected chi connectivity index (χ2v) is 3.03. The zero-order valence-corrected chi connectivity index (χ0v) is 7.73. The molecule has 1 N–H and O–H groups in total. The standard InChI is InChI=1S/C8H11NO5/c1-14-8(13)9-4-5(10)2-3-6(9)7(11)12/h6H,2-4H2,1H3,(H,11,12)/t6-/m0/s1. The van der Waals surface area contributed by atoms with Gasteiger partial charge in [0.05, 0.1) is 13.7 Å². The van der Waals surface area contributed by atoms with E-state index in [0.717, 1.165) is 12.0 Å². The third kappa shape index (κ3) is 2.01. The first-order valence-corrected chi connectivity index (χ1v) is 4.15. The summed E-state index contributed by atoms with van der Waals surface area (Å²) in [7, 11) is 1.15. The van der Waals surface area contributed by atoms with Gasteiger partial charge in [-0.25, -0.2) is 9.59 Å². The molecule has 0 aliphatic carbocycles. The molecule has 1 amide bonds. The molecule has 0 bridgehead atoms. The zero-order chi connectivity index (χ0) is 10.7. The van der Waals surface area contributed by atoms with E-state index in [1.165, 1.54) is 0 Å². The fourth-order valence-corrected chi connectivity index (χ4v) is 1.40. The molecule has 1 atom stereocenters. The van der Waals surface area contributed by atoms with Gasteiger partial charge in [0.1, 0.15) is 6.04 Å². The third-order valence-corrected chi connectivity index (χ3v) is 2.11. The van der Waals surface area contributed by atoms with Gasteiger partial charge in [-0.3, -0.25) is 9.69 Å². The molecule has 1 fully saturated rings. The number of amides is 1. The Morgan fingerprint density at radius 1 is 1.57 bits per heavy atom. The molecule has 1 aliphatic rings. The molecule has 0 aromatic carbocycles. The van der Waals surface area contributed by atoms with E-state index >= 15 is 0 Å². The lowest BCUT2D eigenvalue weighted by Gasteiger charge is -2.30. The molecular weight excluding hydrogens is 190 g/mol. The van der Waals surface area contributed by atoms with Gasteiger partial charge in [0.15, 0.2) is 5.78 Å². The van der Waals surface area contributed by atoms with Crippen LogP contribution in [0.3, 0.4) is 0 Å². The number of carboxylic acids is 1. The van der Waals surface area contributed by atoms with Crippen LogP contribution >= 0.6 is 0 Å². The maximum absolute atomic E-state index is 11.1. The first-order valence-electron chi connectivity index (χ1n) is 4.15. The average molecular weight is 201 g/mol. The Morgan fingerprint density at radius 3 is 2.71 bits per heavy atom. The second kappa shape index (κ2) is 4.08. The van der Waals surface area contributed by atoms with E-state index in [4.69, 9.17) is 5.11 Å². The topological polar surface area (TPSA) is 83.9 Å². The molecule has 6 heteroatoms. The highest BCUT2D eigenvalue weighted by atomic mass is 16.5. The minimum Gasteiger partial charge on any atom is -0.480 e. The average Bonchev–Trinajstić information content (AvgIpc) is 2.16. The van der Waals surface area contributed by atoms with Crippen molar-refractivity contribution in [2.24, 2.45) is 0 Å². The highest BCUT2D eigenvalue weighted by Gasteiger charge is 2.35. The molecule has 1 rings (SSSR count). The molecule has 14 heavy (non-hydrogen) atoms. The van der Waals surface area contributed by atoms with E-state index in [1.807, 2.05) is 0 Å². The number of ketones is 1. The minimum absolute atomic E-state index is 0.145. The van der Waals surface area contributed by atoms with E-state index in [9.17, 15) is 14.4 Å². The van der Waals surface area contributed by atoms with Crippen molar-refractivity contribution < 1.29 is 24.2 Å². The molecule has 0 aromatic heterocycles. The molecule has 1 heterocycles. The Labute approximate surface area is 80.4 Å². The summed E-state index contributed by atoms with van der Waals surface area (Å²) in [4.78, 5) is 33.8. The molecule has 0 unspecified atom stereocenters. The van der Waals surface area contributed by atoms with Crippen LogP contribution in [0, 0.1) is 0 Å². The summed E-state index contributed by atoms with van der Waals surface area (Å²) < 4.78 is 4.39. The van der Waals surface area contributed by atoms with Gasteiger partial charge in [-0.1, -0.05) is 0 Å². The molecule has 0 spiro atoms. The number of piperidine rings is 1. The number of rotatable bonds is 1. The van der Waals surface area contributed by atoms with Gasteiger partial charge in [0, 0.05) is 6.42 Å². The van der Waals surface area contributed by atoms with Crippen LogP contribution in [0.5, 0.6) is 0 Å². The Morgan fingerprint density at radius 2 is 2.21 bits per heavy atom. The zero-order valence-electron chi connectivity index (χ0n) is 7.73. The predicted molar refractivity (Wildman–Crippen MR) is 44.8 cm³/mol. The van der Waals surface area contributed by atoms with E-state index < -0.39 is 18.1 Å². The van der Waals surface area contributed by atoms with Crippen molar-refractivity contribution in [1.82, 2.24) is 4.90 Å². The van der Waals surface area contributed by atoms with E-state index in [-0.39, 0.29) is 25.2 Å². The lowest BCUT2D eigenvalue weighted by atomic mass is 10.0. The van der Waals surface area contributed by atoms with Gasteiger partial charge >= 0.3 is 12.1 Å². The summed E-state index contributed by atoms with van der Waals surface area (Å²) >= 11 is 0. The fourth-order valence-electron chi connectivity index (χ4n) is 1.40. The molecular formula is C8H11NO5. The van der Waals surface area contributed by atoms with Crippen LogP contribution in [0.2, 0.25) is 0 Å². The summed E-state index contributed by atoms with van der Waals surface area (Å²) in [6, 6.07) is -0.944. The number of carbonyl (C=O) groups excluding carboxylic acids is 2. The summed E-state index contributed by atoms with van der Waals surface area (Å²) in [6.45, 7) is -0.177. The number of aliphatic carboxylic acids is 1. The number of hydrogen-bond acceptors (Lipinski definition) is 4. The van der Waals surface area contributed by atoms with Crippen LogP contribution in [0.4, 0.5) is 4.79 Å². The SMILES string of the molecule is COC(=O)N1CC(=O)CC[C@H]1C(=O)O. The Hall–Kier alpha value is -1.59. The van der Waals surface area contributed by atoms with E-state index in [2.05, 4.69) is 4.74 Å². The number of nitrogens with zero attached hydrogens (tertiary/aromatic N) is 1. The van der Waals surface area contributed by atoms with Crippen LogP contribution in [0.15, 0.2) is 0 Å². The van der Waals surface area contributed by atoms with Crippen LogP contribution in [0.1, 0.15) is 12.8 Å². The molecule has 1 saturated heterocycles. The molecule has 6 nitrogen and oxygen atoms in total. The maximum atomic E-state index is 11.1. The number of methoxy groups -OCH3 is 1. The van der Waals surface area contributed by atoms with Crippen molar-refractivity contribution in [2.75, 3.05) is 13.7 Å². The smallest absolute Gasteiger partial charge is 0.410 e. The number of hydrogen-bond donors (Lipinski definition) is 1.